The number of anilines is 1. The van der Waals surface area contributed by atoms with Crippen molar-refractivity contribution in [2.45, 2.75) is 51.1 Å². The number of nitrogens with zero attached hydrogens (tertiary/aromatic N) is 3. The number of urea groups is 1. The minimum Gasteiger partial charge on any atom is -0.319 e. The van der Waals surface area contributed by atoms with E-state index in [9.17, 15) is 4.79 Å². The van der Waals surface area contributed by atoms with Crippen LogP contribution in [-0.4, -0.2) is 32.6 Å². The van der Waals surface area contributed by atoms with Gasteiger partial charge in [0.1, 0.15) is 5.00 Å². The summed E-state index contributed by atoms with van der Waals surface area (Å²) in [6, 6.07) is 0.802. The highest BCUT2D eigenvalue weighted by atomic mass is 32.1. The molecule has 0 bridgehead atoms. The number of hydrogen-bond donors (Lipinski definition) is 1. The van der Waals surface area contributed by atoms with Gasteiger partial charge in [0.05, 0.1) is 6.20 Å². The second kappa shape index (κ2) is 4.84. The zero-order chi connectivity index (χ0) is 12.5. The fourth-order valence-corrected chi connectivity index (χ4v) is 3.86. The molecule has 1 saturated carbocycles. The van der Waals surface area contributed by atoms with Crippen LogP contribution in [0.4, 0.5) is 9.80 Å². The van der Waals surface area contributed by atoms with Crippen LogP contribution in [0.3, 0.4) is 0 Å². The molecule has 1 aromatic rings. The van der Waals surface area contributed by atoms with Crippen LogP contribution in [0.2, 0.25) is 0 Å². The van der Waals surface area contributed by atoms with E-state index in [0.29, 0.717) is 18.0 Å². The van der Waals surface area contributed by atoms with E-state index in [0.717, 1.165) is 17.8 Å². The number of fused-ring (bicyclic) bond motifs is 1. The average Bonchev–Trinajstić information content (AvgIpc) is 2.94. The minimum atomic E-state index is 0.0166. The molecule has 1 aliphatic carbocycles. The number of likely N-dealkylation sites (tertiary alicyclic amines) is 1. The third-order valence-electron chi connectivity index (χ3n) is 4.17. The van der Waals surface area contributed by atoms with Crippen LogP contribution in [0.1, 0.15) is 39.0 Å². The van der Waals surface area contributed by atoms with Crippen molar-refractivity contribution >= 4 is 22.6 Å². The molecule has 0 radical (unpaired) electrons. The Balaban J connectivity index is 1.72. The molecule has 0 spiro atoms. The first-order valence-electron chi connectivity index (χ1n) is 6.62. The van der Waals surface area contributed by atoms with Gasteiger partial charge in [-0.25, -0.2) is 4.79 Å². The maximum absolute atomic E-state index is 12.3. The molecule has 2 aliphatic rings. The summed E-state index contributed by atoms with van der Waals surface area (Å²) in [6.45, 7) is 2.16. The molecule has 0 aromatic carbocycles. The molecular weight excluding hydrogens is 248 g/mol. The summed E-state index contributed by atoms with van der Waals surface area (Å²) in [5, 5.41) is 7.37. The molecule has 1 N–H and O–H groups in total. The Kier molecular flexibility index (Phi) is 3.20. The molecular formula is C12H18N4OS. The van der Waals surface area contributed by atoms with E-state index >= 15 is 0 Å². The van der Waals surface area contributed by atoms with E-state index in [1.807, 2.05) is 4.90 Å². The van der Waals surface area contributed by atoms with E-state index < -0.39 is 0 Å². The van der Waals surface area contributed by atoms with Gasteiger partial charge < -0.3 is 4.90 Å². The molecule has 3 atom stereocenters. The fourth-order valence-electron chi connectivity index (χ4n) is 3.45. The summed E-state index contributed by atoms with van der Waals surface area (Å²) >= 11 is 1.22. The monoisotopic (exact) mass is 266 g/mol. The van der Waals surface area contributed by atoms with Gasteiger partial charge in [-0.15, -0.1) is 5.10 Å². The molecule has 3 unspecified atom stereocenters. The first-order valence-corrected chi connectivity index (χ1v) is 7.39. The molecule has 18 heavy (non-hydrogen) atoms. The van der Waals surface area contributed by atoms with Crippen molar-refractivity contribution in [3.63, 3.8) is 0 Å². The normalized spacial score (nSPS) is 31.2. The molecule has 3 rings (SSSR count). The van der Waals surface area contributed by atoms with Crippen LogP contribution < -0.4 is 5.32 Å². The summed E-state index contributed by atoms with van der Waals surface area (Å²) in [4.78, 5) is 14.4. The summed E-state index contributed by atoms with van der Waals surface area (Å²) in [5.74, 6) is 0.707. The van der Waals surface area contributed by atoms with E-state index in [1.165, 1.54) is 30.8 Å². The van der Waals surface area contributed by atoms with Crippen molar-refractivity contribution in [2.24, 2.45) is 5.92 Å². The third kappa shape index (κ3) is 2.09. The molecule has 2 amide bonds. The molecule has 5 nitrogen and oxygen atoms in total. The van der Waals surface area contributed by atoms with Crippen LogP contribution >= 0.6 is 11.5 Å². The summed E-state index contributed by atoms with van der Waals surface area (Å²) < 4.78 is 3.76. The lowest BCUT2D eigenvalue weighted by molar-refractivity contribution is 0.168. The van der Waals surface area contributed by atoms with Gasteiger partial charge in [-0.05, 0) is 32.1 Å². The second-order valence-corrected chi connectivity index (χ2v) is 6.10. The van der Waals surface area contributed by atoms with Crippen molar-refractivity contribution < 1.29 is 4.79 Å². The Morgan fingerprint density at radius 1 is 1.50 bits per heavy atom. The van der Waals surface area contributed by atoms with Crippen molar-refractivity contribution in [3.05, 3.63) is 6.20 Å². The summed E-state index contributed by atoms with van der Waals surface area (Å²) in [5.41, 5.74) is 0. The Bertz CT molecular complexity index is 422. The minimum absolute atomic E-state index is 0.0166. The predicted molar refractivity (Wildman–Crippen MR) is 70.6 cm³/mol. The number of carbonyl (C=O) groups is 1. The quantitative estimate of drug-likeness (QED) is 0.850. The Labute approximate surface area is 111 Å². The Morgan fingerprint density at radius 3 is 3.11 bits per heavy atom. The predicted octanol–water partition coefficient (Wildman–Crippen LogP) is 2.72. The van der Waals surface area contributed by atoms with Gasteiger partial charge in [-0.3, -0.25) is 5.32 Å². The molecule has 1 saturated heterocycles. The SMILES string of the molecule is CC1CC2CCCCC2N1C(=O)Nc1cnns1. The Hall–Kier alpha value is -1.17. The number of nitrogens with one attached hydrogen (secondary N) is 1. The van der Waals surface area contributed by atoms with Gasteiger partial charge in [-0.1, -0.05) is 17.3 Å². The second-order valence-electron chi connectivity index (χ2n) is 5.32. The number of hydrogen-bond acceptors (Lipinski definition) is 4. The largest absolute Gasteiger partial charge is 0.323 e. The van der Waals surface area contributed by atoms with Gasteiger partial charge in [0.15, 0.2) is 0 Å². The average molecular weight is 266 g/mol. The first-order chi connectivity index (χ1) is 8.75. The zero-order valence-corrected chi connectivity index (χ0v) is 11.3. The van der Waals surface area contributed by atoms with Crippen molar-refractivity contribution in [1.29, 1.82) is 0 Å². The smallest absolute Gasteiger partial charge is 0.319 e. The van der Waals surface area contributed by atoms with Crippen molar-refractivity contribution in [1.82, 2.24) is 14.5 Å². The fraction of sp³-hybridized carbons (Fsp3) is 0.750. The highest BCUT2D eigenvalue weighted by Gasteiger charge is 2.42. The molecule has 2 fully saturated rings. The van der Waals surface area contributed by atoms with E-state index in [2.05, 4.69) is 21.8 Å². The lowest BCUT2D eigenvalue weighted by Gasteiger charge is -2.33. The van der Waals surface area contributed by atoms with Gasteiger partial charge in [0.2, 0.25) is 0 Å². The van der Waals surface area contributed by atoms with Gasteiger partial charge in [-0.2, -0.15) is 0 Å². The number of rotatable bonds is 1. The molecule has 98 valence electrons. The topological polar surface area (TPSA) is 58.1 Å². The van der Waals surface area contributed by atoms with E-state index in [4.69, 9.17) is 0 Å². The standard InChI is InChI=1S/C12H18N4OS/c1-8-6-9-4-2-3-5-10(9)16(8)12(17)14-11-7-13-15-18-11/h7-10H,2-6H2,1H3,(H,14,17). The molecule has 1 aliphatic heterocycles. The van der Waals surface area contributed by atoms with Gasteiger partial charge in [0, 0.05) is 23.6 Å². The molecule has 1 aromatic heterocycles. The van der Waals surface area contributed by atoms with Crippen molar-refractivity contribution in [3.8, 4) is 0 Å². The lowest BCUT2D eigenvalue weighted by atomic mass is 9.85. The van der Waals surface area contributed by atoms with E-state index in [-0.39, 0.29) is 6.03 Å². The summed E-state index contributed by atoms with van der Waals surface area (Å²) in [7, 11) is 0. The van der Waals surface area contributed by atoms with Crippen LogP contribution in [0, 0.1) is 5.92 Å². The van der Waals surface area contributed by atoms with Crippen molar-refractivity contribution in [2.75, 3.05) is 5.32 Å². The molecule has 6 heteroatoms. The third-order valence-corrected chi connectivity index (χ3v) is 4.75. The highest BCUT2D eigenvalue weighted by Crippen LogP contribution is 2.39. The summed E-state index contributed by atoms with van der Waals surface area (Å²) in [6.07, 6.45) is 7.76. The number of aromatic nitrogens is 2. The number of carbonyl (C=O) groups excluding carboxylic acids is 1. The van der Waals surface area contributed by atoms with Crippen LogP contribution in [0.15, 0.2) is 6.20 Å². The maximum atomic E-state index is 12.3. The van der Waals surface area contributed by atoms with E-state index in [1.54, 1.807) is 6.20 Å². The maximum Gasteiger partial charge on any atom is 0.323 e. The van der Waals surface area contributed by atoms with Crippen LogP contribution in [-0.2, 0) is 0 Å². The van der Waals surface area contributed by atoms with Gasteiger partial charge in [0.25, 0.3) is 0 Å². The highest BCUT2D eigenvalue weighted by molar-refractivity contribution is 7.10. The zero-order valence-electron chi connectivity index (χ0n) is 10.5. The lowest BCUT2D eigenvalue weighted by Crippen LogP contribution is -2.44. The van der Waals surface area contributed by atoms with Crippen LogP contribution in [0.5, 0.6) is 0 Å². The number of amides is 2. The van der Waals surface area contributed by atoms with Gasteiger partial charge >= 0.3 is 6.03 Å². The first kappa shape index (κ1) is 11.9. The molecule has 2 heterocycles. The van der Waals surface area contributed by atoms with Crippen LogP contribution in [0.25, 0.3) is 0 Å². The Morgan fingerprint density at radius 2 is 2.33 bits per heavy atom.